The van der Waals surface area contributed by atoms with Crippen molar-refractivity contribution >= 4 is 21.4 Å². The van der Waals surface area contributed by atoms with Gasteiger partial charge in [-0.05, 0) is 43.0 Å². The highest BCUT2D eigenvalue weighted by molar-refractivity contribution is 7.91. The number of pyridine rings is 1. The molecule has 9 heteroatoms. The van der Waals surface area contributed by atoms with Gasteiger partial charge in [-0.1, -0.05) is 30.3 Å². The molecular formula is C25H26FN3O4S. The van der Waals surface area contributed by atoms with Gasteiger partial charge in [-0.15, -0.1) is 0 Å². The van der Waals surface area contributed by atoms with Gasteiger partial charge >= 0.3 is 0 Å². The number of sulfone groups is 1. The molecule has 0 aliphatic carbocycles. The van der Waals surface area contributed by atoms with Crippen molar-refractivity contribution in [3.8, 4) is 5.75 Å². The molecule has 0 spiro atoms. The third kappa shape index (κ3) is 6.41. The Labute approximate surface area is 198 Å². The van der Waals surface area contributed by atoms with E-state index in [2.05, 4.69) is 10.3 Å². The Bertz CT molecular complexity index is 1260. The summed E-state index contributed by atoms with van der Waals surface area (Å²) in [6.45, 7) is 2.56. The quantitative estimate of drug-likeness (QED) is 0.463. The molecule has 0 unspecified atom stereocenters. The molecule has 1 heterocycles. The fourth-order valence-corrected chi connectivity index (χ4v) is 4.55. The molecular weight excluding hydrogens is 457 g/mol. The second kappa shape index (κ2) is 11.4. The molecule has 0 bridgehead atoms. The van der Waals surface area contributed by atoms with E-state index in [0.29, 0.717) is 18.0 Å². The van der Waals surface area contributed by atoms with E-state index in [4.69, 9.17) is 4.74 Å². The summed E-state index contributed by atoms with van der Waals surface area (Å²) < 4.78 is 44.7. The number of hydrogen-bond acceptors (Lipinski definition) is 6. The highest BCUT2D eigenvalue weighted by Gasteiger charge is 2.23. The number of anilines is 1. The predicted octanol–water partition coefficient (Wildman–Crippen LogP) is 4.29. The minimum atomic E-state index is -3.79. The zero-order valence-corrected chi connectivity index (χ0v) is 19.8. The lowest BCUT2D eigenvalue weighted by molar-refractivity contribution is 0.0781. The average Bonchev–Trinajstić information content (AvgIpc) is 2.84. The van der Waals surface area contributed by atoms with Crippen LogP contribution in [0, 0.1) is 5.82 Å². The van der Waals surface area contributed by atoms with E-state index in [9.17, 15) is 17.6 Å². The maximum absolute atomic E-state index is 13.1. The number of nitrogens with zero attached hydrogens (tertiary/aromatic N) is 2. The lowest BCUT2D eigenvalue weighted by Gasteiger charge is -2.19. The van der Waals surface area contributed by atoms with Crippen LogP contribution in [0.3, 0.4) is 0 Å². The summed E-state index contributed by atoms with van der Waals surface area (Å²) in [5.74, 6) is -0.516. The number of halogens is 1. The molecule has 0 saturated heterocycles. The van der Waals surface area contributed by atoms with Crippen LogP contribution in [0.4, 0.5) is 10.1 Å². The minimum absolute atomic E-state index is 0.0491. The molecule has 0 saturated carbocycles. The highest BCUT2D eigenvalue weighted by atomic mass is 32.2. The van der Waals surface area contributed by atoms with Crippen LogP contribution in [-0.2, 0) is 16.4 Å². The Morgan fingerprint density at radius 1 is 1.15 bits per heavy atom. The lowest BCUT2D eigenvalue weighted by Crippen LogP contribution is -2.28. The second-order valence-corrected chi connectivity index (χ2v) is 9.42. The fraction of sp³-hybridized carbons (Fsp3) is 0.200. The van der Waals surface area contributed by atoms with Crippen molar-refractivity contribution < 1.29 is 22.3 Å². The Hall–Kier alpha value is -3.72. The highest BCUT2D eigenvalue weighted by Crippen LogP contribution is 2.23. The summed E-state index contributed by atoms with van der Waals surface area (Å²) in [5.41, 5.74) is 1.42. The van der Waals surface area contributed by atoms with Crippen molar-refractivity contribution in [1.82, 2.24) is 9.88 Å². The molecule has 3 rings (SSSR count). The van der Waals surface area contributed by atoms with Gasteiger partial charge in [0.25, 0.3) is 5.91 Å². The van der Waals surface area contributed by atoms with Gasteiger partial charge in [0, 0.05) is 25.9 Å². The molecule has 0 aliphatic rings. The number of carbonyl (C=O) groups excluding carboxylic acids is 1. The van der Waals surface area contributed by atoms with Crippen molar-refractivity contribution in [2.45, 2.75) is 18.4 Å². The van der Waals surface area contributed by atoms with E-state index in [0.717, 1.165) is 5.56 Å². The van der Waals surface area contributed by atoms with Gasteiger partial charge in [0.15, 0.2) is 9.84 Å². The van der Waals surface area contributed by atoms with Crippen molar-refractivity contribution in [3.63, 3.8) is 0 Å². The van der Waals surface area contributed by atoms with Crippen molar-refractivity contribution in [2.24, 2.45) is 0 Å². The van der Waals surface area contributed by atoms with Gasteiger partial charge in [-0.2, -0.15) is 0 Å². The second-order valence-electron chi connectivity index (χ2n) is 7.42. The molecule has 1 aromatic heterocycles. The third-order valence-electron chi connectivity index (χ3n) is 4.89. The van der Waals surface area contributed by atoms with Gasteiger partial charge in [0.05, 0.1) is 34.7 Å². The zero-order chi connectivity index (χ0) is 24.6. The molecule has 1 N–H and O–H groups in total. The first kappa shape index (κ1) is 24.9. The average molecular weight is 484 g/mol. The minimum Gasteiger partial charge on any atom is -0.492 e. The standard InChI is InChI=1S/C25H26FN3O4S/c1-3-33-23-13-15-27-17-22(23)28-14-6-16-34(31,32)24-8-5-4-7-21(24)25(30)29(2)18-19-9-11-20(26)12-10-19/h4-15,17,28H,3,16,18H2,1-2H3. The summed E-state index contributed by atoms with van der Waals surface area (Å²) in [4.78, 5) is 18.4. The van der Waals surface area contributed by atoms with Crippen LogP contribution in [0.2, 0.25) is 0 Å². The van der Waals surface area contributed by atoms with Crippen molar-refractivity contribution in [3.05, 3.63) is 96.2 Å². The third-order valence-corrected chi connectivity index (χ3v) is 6.54. The van der Waals surface area contributed by atoms with Gasteiger partial charge < -0.3 is 15.0 Å². The van der Waals surface area contributed by atoms with E-state index in [-0.39, 0.29) is 28.6 Å². The summed E-state index contributed by atoms with van der Waals surface area (Å²) in [6.07, 6.45) is 6.14. The topological polar surface area (TPSA) is 88.6 Å². The molecule has 178 valence electrons. The van der Waals surface area contributed by atoms with Crippen LogP contribution in [0.5, 0.6) is 5.75 Å². The monoisotopic (exact) mass is 483 g/mol. The number of nitrogens with one attached hydrogen (secondary N) is 1. The summed E-state index contributed by atoms with van der Waals surface area (Å²) in [7, 11) is -2.22. The molecule has 0 aliphatic heterocycles. The van der Waals surface area contributed by atoms with E-state index in [1.807, 2.05) is 6.92 Å². The SMILES string of the molecule is CCOc1ccncc1NC=CCS(=O)(=O)c1ccccc1C(=O)N(C)Cc1ccc(F)cc1. The molecule has 7 nitrogen and oxygen atoms in total. The number of aromatic nitrogens is 1. The van der Waals surface area contributed by atoms with Gasteiger partial charge in [0.2, 0.25) is 0 Å². The first-order valence-corrected chi connectivity index (χ1v) is 12.3. The molecule has 3 aromatic rings. The Morgan fingerprint density at radius 2 is 1.88 bits per heavy atom. The van der Waals surface area contributed by atoms with Crippen LogP contribution in [0.1, 0.15) is 22.8 Å². The number of benzene rings is 2. The van der Waals surface area contributed by atoms with E-state index in [1.165, 1.54) is 41.4 Å². The number of carbonyl (C=O) groups is 1. The molecule has 1 amide bonds. The molecule has 0 atom stereocenters. The van der Waals surface area contributed by atoms with Crippen molar-refractivity contribution in [1.29, 1.82) is 0 Å². The van der Waals surface area contributed by atoms with Crippen LogP contribution in [0.15, 0.2) is 84.2 Å². The van der Waals surface area contributed by atoms with Crippen LogP contribution < -0.4 is 10.1 Å². The largest absolute Gasteiger partial charge is 0.492 e. The van der Waals surface area contributed by atoms with Crippen LogP contribution >= 0.6 is 0 Å². The summed E-state index contributed by atoms with van der Waals surface area (Å²) in [5, 5.41) is 2.97. The molecule has 0 fully saturated rings. The molecule has 2 aromatic carbocycles. The van der Waals surface area contributed by atoms with E-state index >= 15 is 0 Å². The Balaban J connectivity index is 1.72. The molecule has 0 radical (unpaired) electrons. The van der Waals surface area contributed by atoms with Crippen LogP contribution in [-0.4, -0.2) is 43.6 Å². The normalized spacial score (nSPS) is 11.4. The number of rotatable bonds is 10. The molecule has 34 heavy (non-hydrogen) atoms. The first-order valence-electron chi connectivity index (χ1n) is 10.6. The van der Waals surface area contributed by atoms with Gasteiger partial charge in [-0.25, -0.2) is 12.8 Å². The summed E-state index contributed by atoms with van der Waals surface area (Å²) >= 11 is 0. The predicted molar refractivity (Wildman–Crippen MR) is 129 cm³/mol. The fourth-order valence-electron chi connectivity index (χ4n) is 3.24. The zero-order valence-electron chi connectivity index (χ0n) is 18.9. The maximum atomic E-state index is 13.1. The Morgan fingerprint density at radius 3 is 2.62 bits per heavy atom. The van der Waals surface area contributed by atoms with Crippen LogP contribution in [0.25, 0.3) is 0 Å². The van der Waals surface area contributed by atoms with E-state index < -0.39 is 15.7 Å². The van der Waals surface area contributed by atoms with Gasteiger partial charge in [-0.3, -0.25) is 9.78 Å². The van der Waals surface area contributed by atoms with Gasteiger partial charge in [0.1, 0.15) is 11.6 Å². The Kier molecular flexibility index (Phi) is 8.37. The van der Waals surface area contributed by atoms with E-state index in [1.54, 1.807) is 49.8 Å². The maximum Gasteiger partial charge on any atom is 0.255 e. The first-order chi connectivity index (χ1) is 16.3. The summed E-state index contributed by atoms with van der Waals surface area (Å²) in [6, 6.07) is 13.6. The number of ether oxygens (including phenoxy) is 1. The number of hydrogen-bond donors (Lipinski definition) is 1. The number of amides is 1. The van der Waals surface area contributed by atoms with Crippen molar-refractivity contribution in [2.75, 3.05) is 24.7 Å². The lowest BCUT2D eigenvalue weighted by atomic mass is 10.1. The smallest absolute Gasteiger partial charge is 0.255 e.